The van der Waals surface area contributed by atoms with Crippen molar-refractivity contribution >= 4 is 11.0 Å². The molecular formula is C23H29N3O2. The fourth-order valence-electron chi connectivity index (χ4n) is 4.11. The van der Waals surface area contributed by atoms with E-state index in [0.717, 1.165) is 43.2 Å². The van der Waals surface area contributed by atoms with E-state index in [4.69, 9.17) is 9.47 Å². The number of methoxy groups -OCH3 is 1. The van der Waals surface area contributed by atoms with Gasteiger partial charge in [-0.15, -0.1) is 0 Å². The molecule has 5 nitrogen and oxygen atoms in total. The second kappa shape index (κ2) is 8.65. The fraction of sp³-hybridized carbons (Fsp3) is 0.435. The predicted molar refractivity (Wildman–Crippen MR) is 112 cm³/mol. The third-order valence-electron chi connectivity index (χ3n) is 5.48. The molecule has 1 aromatic carbocycles. The van der Waals surface area contributed by atoms with Crippen LogP contribution in [0.1, 0.15) is 43.4 Å². The first kappa shape index (κ1) is 18.8. The number of rotatable bonds is 7. The number of benzene rings is 1. The van der Waals surface area contributed by atoms with Gasteiger partial charge in [-0.05, 0) is 50.1 Å². The maximum absolute atomic E-state index is 6.04. The van der Waals surface area contributed by atoms with Crippen molar-refractivity contribution in [2.75, 3.05) is 26.8 Å². The fourth-order valence-corrected chi connectivity index (χ4v) is 4.11. The van der Waals surface area contributed by atoms with Gasteiger partial charge < -0.3 is 14.5 Å². The number of nitrogens with one attached hydrogen (secondary N) is 1. The van der Waals surface area contributed by atoms with Crippen LogP contribution in [-0.2, 0) is 6.54 Å². The van der Waals surface area contributed by atoms with Crippen molar-refractivity contribution in [1.29, 1.82) is 0 Å². The highest BCUT2D eigenvalue weighted by Gasteiger charge is 2.24. The third-order valence-corrected chi connectivity index (χ3v) is 5.48. The Hall–Kier alpha value is -2.53. The molecule has 3 aromatic rings. The lowest BCUT2D eigenvalue weighted by molar-refractivity contribution is 0.194. The largest absolute Gasteiger partial charge is 0.493 e. The number of hydrogen-bond acceptors (Lipinski definition) is 4. The smallest absolute Gasteiger partial charge is 0.165 e. The molecule has 0 spiro atoms. The molecule has 2 aromatic heterocycles. The number of piperidine rings is 1. The number of ether oxygens (including phenoxy) is 2. The quantitative estimate of drug-likeness (QED) is 0.644. The van der Waals surface area contributed by atoms with Gasteiger partial charge in [-0.2, -0.15) is 0 Å². The molecule has 1 aliphatic heterocycles. The molecule has 4 rings (SSSR count). The monoisotopic (exact) mass is 379 g/mol. The lowest BCUT2D eigenvalue weighted by Gasteiger charge is -2.32. The molecule has 3 heterocycles. The summed E-state index contributed by atoms with van der Waals surface area (Å²) in [5.74, 6) is 2.22. The molecular weight excluding hydrogens is 350 g/mol. The summed E-state index contributed by atoms with van der Waals surface area (Å²) in [4.78, 5) is 10.5. The molecule has 148 valence electrons. The molecule has 1 N–H and O–H groups in total. The van der Waals surface area contributed by atoms with Gasteiger partial charge in [0.2, 0.25) is 0 Å². The highest BCUT2D eigenvalue weighted by atomic mass is 16.5. The average molecular weight is 380 g/mol. The van der Waals surface area contributed by atoms with Crippen LogP contribution in [0.5, 0.6) is 11.5 Å². The second-order valence-corrected chi connectivity index (χ2v) is 7.54. The van der Waals surface area contributed by atoms with Gasteiger partial charge in [-0.25, -0.2) is 4.98 Å². The summed E-state index contributed by atoms with van der Waals surface area (Å²) in [6.07, 6.45) is 5.23. The number of likely N-dealkylation sites (tertiary alicyclic amines) is 1. The molecule has 1 aliphatic rings. The molecule has 1 saturated heterocycles. The van der Waals surface area contributed by atoms with Crippen LogP contribution in [0.2, 0.25) is 0 Å². The third kappa shape index (κ3) is 3.99. The Kier molecular flexibility index (Phi) is 5.81. The van der Waals surface area contributed by atoms with Crippen LogP contribution in [0, 0.1) is 0 Å². The van der Waals surface area contributed by atoms with E-state index in [1.807, 2.05) is 18.3 Å². The van der Waals surface area contributed by atoms with Gasteiger partial charge >= 0.3 is 0 Å². The van der Waals surface area contributed by atoms with Crippen LogP contribution >= 0.6 is 0 Å². The number of aromatic amines is 1. The van der Waals surface area contributed by atoms with E-state index in [0.29, 0.717) is 12.5 Å². The number of fused-ring (bicyclic) bond motifs is 1. The summed E-state index contributed by atoms with van der Waals surface area (Å²) in [7, 11) is 1.71. The van der Waals surface area contributed by atoms with Gasteiger partial charge in [0.25, 0.3) is 0 Å². The minimum Gasteiger partial charge on any atom is -0.493 e. The number of nitrogens with zero attached hydrogens (tertiary/aromatic N) is 2. The Morgan fingerprint density at radius 3 is 3.00 bits per heavy atom. The highest BCUT2D eigenvalue weighted by molar-refractivity contribution is 5.76. The van der Waals surface area contributed by atoms with E-state index < -0.39 is 0 Å². The summed E-state index contributed by atoms with van der Waals surface area (Å²) < 4.78 is 11.6. The zero-order valence-electron chi connectivity index (χ0n) is 16.8. The highest BCUT2D eigenvalue weighted by Crippen LogP contribution is 2.34. The zero-order valence-corrected chi connectivity index (χ0v) is 16.8. The summed E-state index contributed by atoms with van der Waals surface area (Å²) >= 11 is 0. The zero-order chi connectivity index (χ0) is 19.3. The van der Waals surface area contributed by atoms with E-state index in [-0.39, 0.29) is 0 Å². The Morgan fingerprint density at radius 2 is 2.18 bits per heavy atom. The van der Waals surface area contributed by atoms with Crippen LogP contribution in [0.25, 0.3) is 11.0 Å². The van der Waals surface area contributed by atoms with Crippen molar-refractivity contribution in [2.24, 2.45) is 0 Å². The Morgan fingerprint density at radius 1 is 1.25 bits per heavy atom. The number of pyridine rings is 1. The number of hydrogen-bond donors (Lipinski definition) is 1. The standard InChI is InChI=1S/C23H29N3O2/c1-3-13-28-22-19(7-4-10-21(22)27-2)16-26-12-6-9-18(15-26)20-14-17-8-5-11-24-23(17)25-20/h4-5,7-8,10-11,14,18H,3,6,9,12-13,15-16H2,1-2H3,(H,24,25)/t18-/m1/s1. The van der Waals surface area contributed by atoms with Crippen molar-refractivity contribution in [1.82, 2.24) is 14.9 Å². The Bertz CT molecular complexity index is 888. The first-order valence-electron chi connectivity index (χ1n) is 10.2. The topological polar surface area (TPSA) is 50.4 Å². The van der Waals surface area contributed by atoms with Gasteiger partial charge in [0.1, 0.15) is 5.65 Å². The van der Waals surface area contributed by atoms with Crippen molar-refractivity contribution in [3.8, 4) is 11.5 Å². The first-order valence-corrected chi connectivity index (χ1v) is 10.2. The summed E-state index contributed by atoms with van der Waals surface area (Å²) in [6, 6.07) is 12.6. The normalized spacial score (nSPS) is 17.7. The summed E-state index contributed by atoms with van der Waals surface area (Å²) in [5, 5.41) is 1.19. The minimum absolute atomic E-state index is 0.508. The van der Waals surface area contributed by atoms with Gasteiger partial charge in [0.15, 0.2) is 11.5 Å². The Balaban J connectivity index is 1.51. The van der Waals surface area contributed by atoms with Crippen molar-refractivity contribution in [3.63, 3.8) is 0 Å². The number of aromatic nitrogens is 2. The average Bonchev–Trinajstić information content (AvgIpc) is 3.17. The molecule has 0 radical (unpaired) electrons. The van der Waals surface area contributed by atoms with Crippen LogP contribution in [0.4, 0.5) is 0 Å². The molecule has 0 amide bonds. The number of para-hydroxylation sites is 1. The van der Waals surface area contributed by atoms with E-state index in [9.17, 15) is 0 Å². The molecule has 5 heteroatoms. The van der Waals surface area contributed by atoms with E-state index in [1.165, 1.54) is 29.5 Å². The Labute approximate surface area is 166 Å². The summed E-state index contributed by atoms with van der Waals surface area (Å²) in [5.41, 5.74) is 3.48. The maximum Gasteiger partial charge on any atom is 0.165 e. The first-order chi connectivity index (χ1) is 13.8. The van der Waals surface area contributed by atoms with Gasteiger partial charge in [-0.3, -0.25) is 4.90 Å². The van der Waals surface area contributed by atoms with E-state index in [2.05, 4.69) is 46.1 Å². The van der Waals surface area contributed by atoms with Crippen LogP contribution in [-0.4, -0.2) is 41.7 Å². The van der Waals surface area contributed by atoms with Crippen molar-refractivity contribution < 1.29 is 9.47 Å². The van der Waals surface area contributed by atoms with Crippen molar-refractivity contribution in [3.05, 3.63) is 53.9 Å². The minimum atomic E-state index is 0.508. The summed E-state index contributed by atoms with van der Waals surface area (Å²) in [6.45, 7) is 5.86. The van der Waals surface area contributed by atoms with Crippen LogP contribution < -0.4 is 9.47 Å². The molecule has 28 heavy (non-hydrogen) atoms. The van der Waals surface area contributed by atoms with Gasteiger partial charge in [-0.1, -0.05) is 19.1 Å². The van der Waals surface area contributed by atoms with E-state index in [1.54, 1.807) is 7.11 Å². The number of H-pyrrole nitrogens is 1. The molecule has 0 aliphatic carbocycles. The van der Waals surface area contributed by atoms with Gasteiger partial charge in [0, 0.05) is 41.8 Å². The SMILES string of the molecule is CCCOc1c(CN2CCC[C@@H](c3cc4cccnc4[nH]3)C2)cccc1OC. The lowest BCUT2D eigenvalue weighted by Crippen LogP contribution is -2.34. The molecule has 0 bridgehead atoms. The molecule has 0 unspecified atom stereocenters. The molecule has 0 saturated carbocycles. The molecule has 1 fully saturated rings. The lowest BCUT2D eigenvalue weighted by atomic mass is 9.94. The van der Waals surface area contributed by atoms with Crippen LogP contribution in [0.15, 0.2) is 42.6 Å². The second-order valence-electron chi connectivity index (χ2n) is 7.54. The van der Waals surface area contributed by atoms with E-state index >= 15 is 0 Å². The van der Waals surface area contributed by atoms with Crippen molar-refractivity contribution in [2.45, 2.75) is 38.6 Å². The maximum atomic E-state index is 6.04. The van der Waals surface area contributed by atoms with Crippen LogP contribution in [0.3, 0.4) is 0 Å². The molecule has 1 atom stereocenters. The predicted octanol–water partition coefficient (Wildman–Crippen LogP) is 4.74. The van der Waals surface area contributed by atoms with Gasteiger partial charge in [0.05, 0.1) is 13.7 Å².